The molecular formula is C25H27F3N4O5S. The van der Waals surface area contributed by atoms with Crippen LogP contribution in [0.1, 0.15) is 20.8 Å². The zero-order valence-corrected chi connectivity index (χ0v) is 21.8. The molecule has 0 saturated carbocycles. The van der Waals surface area contributed by atoms with E-state index < -0.39 is 33.7 Å². The average Bonchev–Trinajstić information content (AvgIpc) is 2.83. The molecule has 1 aromatic heterocycles. The standard InChI is InChI=1S/C25H27F3N4O5S/c1-24(2,3)23(33)37-31-12-14-32(15-13-31)38(34,35)30-21-9-5-6-17-10-11-20(29-22(17)21)18-7-4-8-19(16-18)36-25(26,27)28/h4-11,16,30H,12-15H2,1-3H3. The van der Waals surface area contributed by atoms with Gasteiger partial charge in [-0.15, -0.1) is 18.2 Å². The lowest BCUT2D eigenvalue weighted by Gasteiger charge is -2.33. The third kappa shape index (κ3) is 6.71. The summed E-state index contributed by atoms with van der Waals surface area (Å²) < 4.78 is 72.0. The number of nitrogens with one attached hydrogen (secondary N) is 1. The van der Waals surface area contributed by atoms with Gasteiger partial charge in [-0.1, -0.05) is 30.3 Å². The van der Waals surface area contributed by atoms with Crippen LogP contribution in [-0.2, 0) is 19.8 Å². The largest absolute Gasteiger partial charge is 0.573 e. The molecule has 13 heteroatoms. The van der Waals surface area contributed by atoms with Gasteiger partial charge in [-0.3, -0.25) is 4.72 Å². The highest BCUT2D eigenvalue weighted by Gasteiger charge is 2.32. The first-order chi connectivity index (χ1) is 17.7. The average molecular weight is 553 g/mol. The number of benzene rings is 2. The first-order valence-corrected chi connectivity index (χ1v) is 13.2. The van der Waals surface area contributed by atoms with E-state index in [9.17, 15) is 26.4 Å². The molecule has 4 rings (SSSR count). The summed E-state index contributed by atoms with van der Waals surface area (Å²) in [6, 6.07) is 13.7. The number of pyridine rings is 1. The van der Waals surface area contributed by atoms with E-state index >= 15 is 0 Å². The number of halogens is 3. The molecule has 2 heterocycles. The Morgan fingerprint density at radius 2 is 1.66 bits per heavy atom. The van der Waals surface area contributed by atoms with E-state index in [4.69, 9.17) is 4.84 Å². The van der Waals surface area contributed by atoms with E-state index in [2.05, 4.69) is 14.4 Å². The Morgan fingerprint density at radius 1 is 0.974 bits per heavy atom. The molecule has 1 aliphatic rings. The highest BCUT2D eigenvalue weighted by atomic mass is 32.2. The van der Waals surface area contributed by atoms with E-state index in [0.717, 1.165) is 0 Å². The predicted molar refractivity (Wildman–Crippen MR) is 135 cm³/mol. The second kappa shape index (κ2) is 10.4. The number of hydrogen-bond donors (Lipinski definition) is 1. The Kier molecular flexibility index (Phi) is 7.55. The van der Waals surface area contributed by atoms with Crippen LogP contribution in [0.5, 0.6) is 5.75 Å². The monoisotopic (exact) mass is 552 g/mol. The molecule has 0 amide bonds. The molecule has 2 aromatic carbocycles. The van der Waals surface area contributed by atoms with Gasteiger partial charge in [0.2, 0.25) is 0 Å². The van der Waals surface area contributed by atoms with E-state index in [-0.39, 0.29) is 31.9 Å². The van der Waals surface area contributed by atoms with Crippen molar-refractivity contribution in [1.29, 1.82) is 0 Å². The number of alkyl halides is 3. The Hall–Kier alpha value is -3.42. The number of carbonyl (C=O) groups excluding carboxylic acids is 1. The number of para-hydroxylation sites is 1. The Bertz CT molecular complexity index is 1430. The van der Waals surface area contributed by atoms with Crippen molar-refractivity contribution in [2.24, 2.45) is 5.41 Å². The molecule has 1 aliphatic heterocycles. The molecule has 9 nitrogen and oxygen atoms in total. The summed E-state index contributed by atoms with van der Waals surface area (Å²) in [6.45, 7) is 5.81. The zero-order valence-electron chi connectivity index (χ0n) is 20.9. The molecular weight excluding hydrogens is 525 g/mol. The summed E-state index contributed by atoms with van der Waals surface area (Å²) in [5.74, 6) is -0.793. The normalized spacial score (nSPS) is 15.8. The molecule has 1 fully saturated rings. The van der Waals surface area contributed by atoms with Crippen molar-refractivity contribution < 1.29 is 36.0 Å². The van der Waals surface area contributed by atoms with Crippen LogP contribution in [0.2, 0.25) is 0 Å². The number of ether oxygens (including phenoxy) is 1. The number of piperazine rings is 1. The quantitative estimate of drug-likeness (QED) is 0.478. The Morgan fingerprint density at radius 3 is 2.32 bits per heavy atom. The fourth-order valence-corrected chi connectivity index (χ4v) is 4.92. The molecule has 0 unspecified atom stereocenters. The molecule has 38 heavy (non-hydrogen) atoms. The van der Waals surface area contributed by atoms with Gasteiger partial charge in [0.05, 0.1) is 22.3 Å². The van der Waals surface area contributed by atoms with Crippen LogP contribution in [0.15, 0.2) is 54.6 Å². The Balaban J connectivity index is 1.53. The van der Waals surface area contributed by atoms with Crippen LogP contribution >= 0.6 is 0 Å². The third-order valence-corrected chi connectivity index (χ3v) is 7.21. The maximum Gasteiger partial charge on any atom is 0.573 e. The van der Waals surface area contributed by atoms with E-state index in [1.54, 1.807) is 57.2 Å². The number of nitrogens with zero attached hydrogens (tertiary/aromatic N) is 3. The molecule has 0 spiro atoms. The van der Waals surface area contributed by atoms with Gasteiger partial charge in [-0.2, -0.15) is 12.7 Å². The van der Waals surface area contributed by atoms with E-state index in [1.807, 2.05) is 0 Å². The molecule has 0 atom stereocenters. The molecule has 0 radical (unpaired) electrons. The van der Waals surface area contributed by atoms with Crippen molar-refractivity contribution in [1.82, 2.24) is 14.4 Å². The molecule has 204 valence electrons. The second-order valence-electron chi connectivity index (χ2n) is 9.71. The first-order valence-electron chi connectivity index (χ1n) is 11.7. The van der Waals surface area contributed by atoms with Gasteiger partial charge in [-0.25, -0.2) is 9.78 Å². The topological polar surface area (TPSA) is 101 Å². The van der Waals surface area contributed by atoms with Crippen LogP contribution in [0.4, 0.5) is 18.9 Å². The lowest BCUT2D eigenvalue weighted by molar-refractivity contribution is -0.274. The van der Waals surface area contributed by atoms with Crippen LogP contribution in [0, 0.1) is 5.41 Å². The predicted octanol–water partition coefficient (Wildman–Crippen LogP) is 4.58. The van der Waals surface area contributed by atoms with Crippen LogP contribution in [0.3, 0.4) is 0 Å². The summed E-state index contributed by atoms with van der Waals surface area (Å²) in [5.41, 5.74) is 0.567. The van der Waals surface area contributed by atoms with Gasteiger partial charge >= 0.3 is 22.5 Å². The lowest BCUT2D eigenvalue weighted by Crippen LogP contribution is -2.51. The number of hydroxylamine groups is 2. The molecule has 3 aromatic rings. The fraction of sp³-hybridized carbons (Fsp3) is 0.360. The highest BCUT2D eigenvalue weighted by molar-refractivity contribution is 7.90. The minimum atomic E-state index is -4.83. The van der Waals surface area contributed by atoms with Crippen molar-refractivity contribution in [3.8, 4) is 17.0 Å². The molecule has 1 N–H and O–H groups in total. The van der Waals surface area contributed by atoms with Crippen molar-refractivity contribution in [3.63, 3.8) is 0 Å². The fourth-order valence-electron chi connectivity index (χ4n) is 3.70. The highest BCUT2D eigenvalue weighted by Crippen LogP contribution is 2.30. The summed E-state index contributed by atoms with van der Waals surface area (Å²) in [4.78, 5) is 22.0. The van der Waals surface area contributed by atoms with Gasteiger partial charge in [0.25, 0.3) is 0 Å². The van der Waals surface area contributed by atoms with Gasteiger partial charge in [0.15, 0.2) is 0 Å². The van der Waals surface area contributed by atoms with Crippen LogP contribution in [-0.4, -0.2) is 61.3 Å². The summed E-state index contributed by atoms with van der Waals surface area (Å²) >= 11 is 0. The smallest absolute Gasteiger partial charge is 0.406 e. The first kappa shape index (κ1) is 27.6. The van der Waals surface area contributed by atoms with E-state index in [0.29, 0.717) is 22.2 Å². The summed E-state index contributed by atoms with van der Waals surface area (Å²) in [5, 5.41) is 2.08. The second-order valence-corrected chi connectivity index (χ2v) is 11.4. The van der Waals surface area contributed by atoms with Gasteiger partial charge < -0.3 is 9.57 Å². The van der Waals surface area contributed by atoms with Crippen LogP contribution < -0.4 is 9.46 Å². The lowest BCUT2D eigenvalue weighted by atomic mass is 9.98. The molecule has 0 aliphatic carbocycles. The SMILES string of the molecule is CC(C)(C)C(=O)ON1CCN(S(=O)(=O)Nc2cccc3ccc(-c4cccc(OC(F)(F)F)c4)nc23)CC1. The van der Waals surface area contributed by atoms with E-state index in [1.165, 1.54) is 27.6 Å². The van der Waals surface area contributed by atoms with Crippen molar-refractivity contribution in [2.75, 3.05) is 30.9 Å². The summed E-state index contributed by atoms with van der Waals surface area (Å²) in [7, 11) is -3.98. The minimum Gasteiger partial charge on any atom is -0.406 e. The van der Waals surface area contributed by atoms with Crippen molar-refractivity contribution in [3.05, 3.63) is 54.6 Å². The van der Waals surface area contributed by atoms with Gasteiger partial charge in [0, 0.05) is 37.1 Å². The third-order valence-electron chi connectivity index (χ3n) is 5.68. The van der Waals surface area contributed by atoms with Crippen molar-refractivity contribution in [2.45, 2.75) is 27.1 Å². The maximum atomic E-state index is 13.2. The number of anilines is 1. The molecule has 1 saturated heterocycles. The van der Waals surface area contributed by atoms with Gasteiger partial charge in [0.1, 0.15) is 5.75 Å². The molecule has 0 bridgehead atoms. The number of rotatable bonds is 6. The zero-order chi connectivity index (χ0) is 27.7. The number of fused-ring (bicyclic) bond motifs is 1. The number of aromatic nitrogens is 1. The van der Waals surface area contributed by atoms with Crippen molar-refractivity contribution >= 4 is 32.8 Å². The maximum absolute atomic E-state index is 13.2. The number of carbonyl (C=O) groups is 1. The number of hydrogen-bond acceptors (Lipinski definition) is 7. The van der Waals surface area contributed by atoms with Crippen LogP contribution in [0.25, 0.3) is 22.2 Å². The summed E-state index contributed by atoms with van der Waals surface area (Å²) in [6.07, 6.45) is -4.83. The van der Waals surface area contributed by atoms with Gasteiger partial charge in [-0.05, 0) is 45.0 Å². The Labute approximate surface area is 218 Å². The minimum absolute atomic E-state index is 0.0994.